The van der Waals surface area contributed by atoms with Crippen LogP contribution in [0.25, 0.3) is 21.7 Å². The van der Waals surface area contributed by atoms with Gasteiger partial charge in [0.25, 0.3) is 0 Å². The summed E-state index contributed by atoms with van der Waals surface area (Å²) >= 11 is 0. The first kappa shape index (κ1) is 15.5. The molecule has 0 atom stereocenters. The van der Waals surface area contributed by atoms with Gasteiger partial charge in [-0.1, -0.05) is 30.3 Å². The van der Waals surface area contributed by atoms with E-state index in [0.717, 1.165) is 35.0 Å². The van der Waals surface area contributed by atoms with Crippen molar-refractivity contribution in [2.24, 2.45) is 0 Å². The van der Waals surface area contributed by atoms with E-state index in [0.29, 0.717) is 11.0 Å². The minimum atomic E-state index is -4.12. The van der Waals surface area contributed by atoms with E-state index in [1.165, 1.54) is 6.07 Å². The molecule has 0 aliphatic rings. The lowest BCUT2D eigenvalue weighted by Crippen LogP contribution is -2.14. The summed E-state index contributed by atoms with van der Waals surface area (Å²) in [5, 5.41) is 2.20. The first-order valence-electron chi connectivity index (χ1n) is 7.43. The van der Waals surface area contributed by atoms with Gasteiger partial charge in [-0.15, -0.1) is 0 Å². The molecule has 3 aromatic carbocycles. The third kappa shape index (κ3) is 2.51. The van der Waals surface area contributed by atoms with Crippen LogP contribution in [-0.4, -0.2) is 8.42 Å². The van der Waals surface area contributed by atoms with Gasteiger partial charge in [0.2, 0.25) is 9.84 Å². The summed E-state index contributed by atoms with van der Waals surface area (Å²) in [5.74, 6) is -0.560. The topological polar surface area (TPSA) is 64.3 Å². The number of rotatable bonds is 2. The Morgan fingerprint density at radius 3 is 2.32 bits per heavy atom. The highest BCUT2D eigenvalue weighted by Crippen LogP contribution is 2.27. The molecule has 6 heteroatoms. The fourth-order valence-corrected chi connectivity index (χ4v) is 4.06. The van der Waals surface area contributed by atoms with E-state index in [2.05, 4.69) is 0 Å². The Morgan fingerprint density at radius 1 is 0.840 bits per heavy atom. The molecule has 4 aromatic rings. The Labute approximate surface area is 142 Å². The first-order chi connectivity index (χ1) is 12.0. The van der Waals surface area contributed by atoms with Gasteiger partial charge in [0, 0.05) is 5.39 Å². The van der Waals surface area contributed by atoms with Crippen LogP contribution in [0, 0.1) is 5.82 Å². The van der Waals surface area contributed by atoms with Crippen LogP contribution >= 0.6 is 0 Å². The number of hydrogen-bond acceptors (Lipinski definition) is 4. The molecule has 0 saturated carbocycles. The molecule has 0 fully saturated rings. The number of hydrogen-bond donors (Lipinski definition) is 0. The second kappa shape index (κ2) is 5.53. The second-order valence-corrected chi connectivity index (χ2v) is 7.47. The summed E-state index contributed by atoms with van der Waals surface area (Å²) in [4.78, 5) is 11.6. The predicted molar refractivity (Wildman–Crippen MR) is 91.8 cm³/mol. The van der Waals surface area contributed by atoms with Gasteiger partial charge < -0.3 is 4.42 Å². The molecule has 0 N–H and O–H groups in total. The van der Waals surface area contributed by atoms with E-state index in [4.69, 9.17) is 4.42 Å². The third-order valence-electron chi connectivity index (χ3n) is 4.02. The van der Waals surface area contributed by atoms with Crippen molar-refractivity contribution in [1.29, 1.82) is 0 Å². The van der Waals surface area contributed by atoms with E-state index >= 15 is 0 Å². The molecule has 0 saturated heterocycles. The van der Waals surface area contributed by atoms with Crippen LogP contribution in [-0.2, 0) is 9.84 Å². The summed E-state index contributed by atoms with van der Waals surface area (Å²) in [6, 6.07) is 16.5. The average Bonchev–Trinajstić information content (AvgIpc) is 2.61. The molecule has 25 heavy (non-hydrogen) atoms. The molecule has 0 aliphatic carbocycles. The molecule has 0 unspecified atom stereocenters. The van der Waals surface area contributed by atoms with Gasteiger partial charge in [-0.2, -0.15) is 0 Å². The largest absolute Gasteiger partial charge is 0.422 e. The quantitative estimate of drug-likeness (QED) is 0.311. The van der Waals surface area contributed by atoms with Crippen molar-refractivity contribution in [2.45, 2.75) is 9.79 Å². The summed E-state index contributed by atoms with van der Waals surface area (Å²) in [6.07, 6.45) is 0. The smallest absolute Gasteiger partial charge is 0.355 e. The van der Waals surface area contributed by atoms with E-state index in [1.54, 1.807) is 12.1 Å². The van der Waals surface area contributed by atoms with E-state index in [-0.39, 0.29) is 4.90 Å². The van der Waals surface area contributed by atoms with Gasteiger partial charge in [0.15, 0.2) is 4.90 Å². The number of benzene rings is 3. The van der Waals surface area contributed by atoms with E-state index in [1.807, 2.05) is 24.3 Å². The molecule has 124 valence electrons. The van der Waals surface area contributed by atoms with E-state index in [9.17, 15) is 17.6 Å². The normalized spacial score (nSPS) is 11.9. The van der Waals surface area contributed by atoms with Gasteiger partial charge >= 0.3 is 5.63 Å². The molecule has 1 aromatic heterocycles. The molecule has 4 rings (SSSR count). The lowest BCUT2D eigenvalue weighted by Gasteiger charge is -2.07. The Hall–Kier alpha value is -2.99. The van der Waals surface area contributed by atoms with Crippen molar-refractivity contribution in [3.8, 4) is 0 Å². The molecule has 4 nitrogen and oxygen atoms in total. The molecule has 0 bridgehead atoms. The maximum Gasteiger partial charge on any atom is 0.355 e. The SMILES string of the molecule is O=c1oc2ccc3ccccc3c2cc1S(=O)(=O)c1ccc(F)cc1. The number of halogens is 1. The Morgan fingerprint density at radius 2 is 1.56 bits per heavy atom. The maximum absolute atomic E-state index is 13.1. The van der Waals surface area contributed by atoms with Gasteiger partial charge in [0.05, 0.1) is 4.90 Å². The van der Waals surface area contributed by atoms with Crippen molar-refractivity contribution in [1.82, 2.24) is 0 Å². The van der Waals surface area contributed by atoms with Gasteiger partial charge in [0.1, 0.15) is 11.4 Å². The first-order valence-corrected chi connectivity index (χ1v) is 8.91. The van der Waals surface area contributed by atoms with E-state index < -0.39 is 26.2 Å². The fraction of sp³-hybridized carbons (Fsp3) is 0. The minimum absolute atomic E-state index is 0.166. The minimum Gasteiger partial charge on any atom is -0.422 e. The summed E-state index contributed by atoms with van der Waals surface area (Å²) in [6.45, 7) is 0. The summed E-state index contributed by atoms with van der Waals surface area (Å²) < 4.78 is 43.8. The Bertz CT molecular complexity index is 1270. The Balaban J connectivity index is 2.04. The van der Waals surface area contributed by atoms with Crippen LogP contribution in [0.3, 0.4) is 0 Å². The lowest BCUT2D eigenvalue weighted by atomic mass is 10.1. The van der Waals surface area contributed by atoms with Crippen LogP contribution < -0.4 is 5.63 Å². The van der Waals surface area contributed by atoms with Crippen molar-refractivity contribution >= 4 is 31.6 Å². The lowest BCUT2D eigenvalue weighted by molar-refractivity contribution is 0.533. The van der Waals surface area contributed by atoms with Gasteiger partial charge in [-0.05, 0) is 47.2 Å². The maximum atomic E-state index is 13.1. The number of fused-ring (bicyclic) bond motifs is 3. The van der Waals surface area contributed by atoms with Crippen LogP contribution in [0.5, 0.6) is 0 Å². The van der Waals surface area contributed by atoms with Crippen LogP contribution in [0.15, 0.2) is 85.7 Å². The molecular formula is C19H11FO4S. The predicted octanol–water partition coefficient (Wildman–Crippen LogP) is 3.92. The highest BCUT2D eigenvalue weighted by atomic mass is 32.2. The molecule has 0 amide bonds. The van der Waals surface area contributed by atoms with Crippen LogP contribution in [0.4, 0.5) is 4.39 Å². The molecular weight excluding hydrogens is 343 g/mol. The summed E-state index contributed by atoms with van der Waals surface area (Å²) in [5.41, 5.74) is -0.645. The van der Waals surface area contributed by atoms with Gasteiger partial charge in [-0.3, -0.25) is 0 Å². The molecule has 1 heterocycles. The highest BCUT2D eigenvalue weighted by Gasteiger charge is 2.23. The highest BCUT2D eigenvalue weighted by molar-refractivity contribution is 7.91. The second-order valence-electron chi connectivity index (χ2n) is 5.55. The van der Waals surface area contributed by atoms with Crippen LogP contribution in [0.2, 0.25) is 0 Å². The zero-order valence-corrected chi connectivity index (χ0v) is 13.6. The molecule has 0 spiro atoms. The monoisotopic (exact) mass is 354 g/mol. The Kier molecular flexibility index (Phi) is 3.43. The van der Waals surface area contributed by atoms with Crippen molar-refractivity contribution in [3.63, 3.8) is 0 Å². The molecule has 0 aliphatic heterocycles. The van der Waals surface area contributed by atoms with Crippen molar-refractivity contribution < 1.29 is 17.2 Å². The van der Waals surface area contributed by atoms with Crippen LogP contribution in [0.1, 0.15) is 0 Å². The fourth-order valence-electron chi connectivity index (χ4n) is 2.78. The van der Waals surface area contributed by atoms with Crippen molar-refractivity contribution in [3.05, 3.63) is 83.0 Å². The summed E-state index contributed by atoms with van der Waals surface area (Å²) in [7, 11) is -4.12. The average molecular weight is 354 g/mol. The number of sulfone groups is 1. The van der Waals surface area contributed by atoms with Gasteiger partial charge in [-0.25, -0.2) is 17.6 Å². The molecule has 0 radical (unpaired) electrons. The van der Waals surface area contributed by atoms with Crippen molar-refractivity contribution in [2.75, 3.05) is 0 Å². The zero-order chi connectivity index (χ0) is 17.6. The standard InChI is InChI=1S/C19H11FO4S/c20-13-6-8-14(9-7-13)25(22,23)18-11-16-15-4-2-1-3-12(15)5-10-17(16)24-19(18)21/h1-11H. The third-order valence-corrected chi connectivity index (χ3v) is 5.78. The zero-order valence-electron chi connectivity index (χ0n) is 12.8.